The number of carbonyl (C=O) groups is 3. The first kappa shape index (κ1) is 22.4. The van der Waals surface area contributed by atoms with Gasteiger partial charge in [-0.25, -0.2) is 4.79 Å². The maximum atomic E-state index is 12.3. The number of ether oxygens (including phenoxy) is 2. The number of esters is 2. The van der Waals surface area contributed by atoms with Crippen LogP contribution in [-0.2, 0) is 19.1 Å². The molecule has 9 heteroatoms. The first-order chi connectivity index (χ1) is 13.6. The Morgan fingerprint density at radius 2 is 1.69 bits per heavy atom. The summed E-state index contributed by atoms with van der Waals surface area (Å²) >= 11 is 0. The minimum absolute atomic E-state index is 0.322. The maximum absolute atomic E-state index is 12.3. The fourth-order valence-electron chi connectivity index (χ4n) is 2.92. The molecule has 0 radical (unpaired) electrons. The van der Waals surface area contributed by atoms with Crippen molar-refractivity contribution in [2.24, 2.45) is 5.92 Å². The van der Waals surface area contributed by atoms with Crippen molar-refractivity contribution in [1.82, 2.24) is 0 Å². The van der Waals surface area contributed by atoms with E-state index in [1.807, 2.05) is 0 Å². The number of aliphatic carboxylic acids is 1. The molecule has 0 aliphatic heterocycles. The predicted molar refractivity (Wildman–Crippen MR) is 95.9 cm³/mol. The van der Waals surface area contributed by atoms with Crippen LogP contribution in [0.5, 0.6) is 5.75 Å². The van der Waals surface area contributed by atoms with Crippen LogP contribution in [0.15, 0.2) is 30.3 Å². The standard InChI is InChI=1S/C20H21F3O6/c21-20(22,23)12-11-18(26)28-15-8-4-14(5-9-15)19(27)29-16-6-1-13(2-7-16)3-10-17(24)25/h1-3,6-7,10,14-15H,4-5,8-9,11-12H2,(H,24,25)/b10-3+/t14-,15-. The average molecular weight is 414 g/mol. The van der Waals surface area contributed by atoms with Crippen molar-refractivity contribution in [3.8, 4) is 5.75 Å². The first-order valence-electron chi connectivity index (χ1n) is 9.11. The van der Waals surface area contributed by atoms with Crippen molar-refractivity contribution >= 4 is 24.0 Å². The van der Waals surface area contributed by atoms with Gasteiger partial charge in [0.1, 0.15) is 11.9 Å². The number of carboxylic acid groups (broad SMARTS) is 1. The van der Waals surface area contributed by atoms with E-state index in [2.05, 4.69) is 0 Å². The van der Waals surface area contributed by atoms with Gasteiger partial charge in [0.25, 0.3) is 0 Å². The zero-order valence-corrected chi connectivity index (χ0v) is 15.5. The molecule has 0 spiro atoms. The Bertz CT molecular complexity index is 746. The smallest absolute Gasteiger partial charge is 0.389 e. The van der Waals surface area contributed by atoms with Gasteiger partial charge in [-0.2, -0.15) is 13.2 Å². The summed E-state index contributed by atoms with van der Waals surface area (Å²) in [7, 11) is 0. The van der Waals surface area contributed by atoms with Crippen LogP contribution in [0.3, 0.4) is 0 Å². The average Bonchev–Trinajstić information content (AvgIpc) is 2.66. The molecule has 1 saturated carbocycles. The van der Waals surface area contributed by atoms with E-state index in [0.717, 1.165) is 6.08 Å². The Morgan fingerprint density at radius 3 is 2.24 bits per heavy atom. The summed E-state index contributed by atoms with van der Waals surface area (Å²) in [6.45, 7) is 0. The molecule has 2 rings (SSSR count). The molecule has 1 aromatic carbocycles. The molecular weight excluding hydrogens is 393 g/mol. The fourth-order valence-corrected chi connectivity index (χ4v) is 2.92. The Labute approximate surface area is 165 Å². The molecule has 0 atom stereocenters. The van der Waals surface area contributed by atoms with Gasteiger partial charge >= 0.3 is 24.1 Å². The van der Waals surface area contributed by atoms with Crippen LogP contribution in [0.25, 0.3) is 6.08 Å². The lowest BCUT2D eigenvalue weighted by atomic mass is 9.87. The third-order valence-electron chi connectivity index (χ3n) is 4.44. The molecule has 1 aliphatic rings. The maximum Gasteiger partial charge on any atom is 0.389 e. The van der Waals surface area contributed by atoms with Gasteiger partial charge < -0.3 is 14.6 Å². The lowest BCUT2D eigenvalue weighted by molar-refractivity contribution is -0.163. The molecular formula is C20H21F3O6. The summed E-state index contributed by atoms with van der Waals surface area (Å²) in [5.74, 6) is -2.44. The molecule has 0 amide bonds. The van der Waals surface area contributed by atoms with Crippen LogP contribution in [0, 0.1) is 5.92 Å². The van der Waals surface area contributed by atoms with Gasteiger partial charge in [-0.3, -0.25) is 9.59 Å². The van der Waals surface area contributed by atoms with Gasteiger partial charge in [0.15, 0.2) is 0 Å². The lowest BCUT2D eigenvalue weighted by Crippen LogP contribution is -2.30. The van der Waals surface area contributed by atoms with Crippen LogP contribution in [0.4, 0.5) is 13.2 Å². The van der Waals surface area contributed by atoms with Crippen molar-refractivity contribution in [2.45, 2.75) is 50.8 Å². The largest absolute Gasteiger partial charge is 0.478 e. The molecule has 158 valence electrons. The molecule has 1 N–H and O–H groups in total. The van der Waals surface area contributed by atoms with Gasteiger partial charge in [0.05, 0.1) is 18.8 Å². The number of carbonyl (C=O) groups excluding carboxylic acids is 2. The highest BCUT2D eigenvalue weighted by Crippen LogP contribution is 2.29. The minimum Gasteiger partial charge on any atom is -0.478 e. The van der Waals surface area contributed by atoms with Crippen molar-refractivity contribution in [1.29, 1.82) is 0 Å². The summed E-state index contributed by atoms with van der Waals surface area (Å²) < 4.78 is 46.7. The van der Waals surface area contributed by atoms with Crippen LogP contribution in [0.1, 0.15) is 44.1 Å². The third kappa shape index (κ3) is 8.37. The minimum atomic E-state index is -4.40. The van der Waals surface area contributed by atoms with E-state index in [-0.39, 0.29) is 5.92 Å². The molecule has 1 fully saturated rings. The van der Waals surface area contributed by atoms with E-state index >= 15 is 0 Å². The van der Waals surface area contributed by atoms with Crippen LogP contribution in [-0.4, -0.2) is 35.3 Å². The monoisotopic (exact) mass is 414 g/mol. The summed E-state index contributed by atoms with van der Waals surface area (Å²) in [4.78, 5) is 34.2. The van der Waals surface area contributed by atoms with Gasteiger partial charge in [-0.1, -0.05) is 12.1 Å². The molecule has 0 bridgehead atoms. The molecule has 29 heavy (non-hydrogen) atoms. The SMILES string of the molecule is O=C(O)/C=C/c1ccc(OC(=O)[C@H]2CC[C@H](OC(=O)CCC(F)(F)F)CC2)cc1. The predicted octanol–water partition coefficient (Wildman–Crippen LogP) is 4.13. The highest BCUT2D eigenvalue weighted by atomic mass is 19.4. The Balaban J connectivity index is 1.75. The van der Waals surface area contributed by atoms with Crippen molar-refractivity contribution in [3.63, 3.8) is 0 Å². The summed E-state index contributed by atoms with van der Waals surface area (Å²) in [6, 6.07) is 6.32. The highest BCUT2D eigenvalue weighted by molar-refractivity contribution is 5.85. The zero-order valence-electron chi connectivity index (χ0n) is 15.5. The third-order valence-corrected chi connectivity index (χ3v) is 4.44. The second-order valence-corrected chi connectivity index (χ2v) is 6.74. The van der Waals surface area contributed by atoms with Crippen LogP contribution in [0.2, 0.25) is 0 Å². The van der Waals surface area contributed by atoms with Gasteiger partial charge in [-0.05, 0) is 49.5 Å². The van der Waals surface area contributed by atoms with Gasteiger partial charge in [0, 0.05) is 6.08 Å². The van der Waals surface area contributed by atoms with Crippen LogP contribution < -0.4 is 4.74 Å². The summed E-state index contributed by atoms with van der Waals surface area (Å²) in [5.41, 5.74) is 0.639. The highest BCUT2D eigenvalue weighted by Gasteiger charge is 2.31. The normalized spacial score (nSPS) is 19.7. The number of carboxylic acids is 1. The number of halogens is 3. The topological polar surface area (TPSA) is 89.9 Å². The zero-order chi connectivity index (χ0) is 21.4. The Morgan fingerprint density at radius 1 is 1.07 bits per heavy atom. The van der Waals surface area contributed by atoms with Gasteiger partial charge in [0.2, 0.25) is 0 Å². The number of hydrogen-bond acceptors (Lipinski definition) is 5. The molecule has 6 nitrogen and oxygen atoms in total. The summed E-state index contributed by atoms with van der Waals surface area (Å²) in [6.07, 6.45) is -2.80. The molecule has 0 heterocycles. The Hall–Kier alpha value is -2.84. The molecule has 0 saturated heterocycles. The van der Waals surface area contributed by atoms with E-state index in [4.69, 9.17) is 14.6 Å². The second-order valence-electron chi connectivity index (χ2n) is 6.74. The lowest BCUT2D eigenvalue weighted by Gasteiger charge is -2.27. The number of benzene rings is 1. The van der Waals surface area contributed by atoms with Crippen molar-refractivity contribution in [3.05, 3.63) is 35.9 Å². The first-order valence-corrected chi connectivity index (χ1v) is 9.11. The summed E-state index contributed by atoms with van der Waals surface area (Å²) in [5, 5.41) is 8.59. The van der Waals surface area contributed by atoms with E-state index in [1.165, 1.54) is 6.08 Å². The van der Waals surface area contributed by atoms with Gasteiger partial charge in [-0.15, -0.1) is 0 Å². The van der Waals surface area contributed by atoms with Crippen molar-refractivity contribution < 1.29 is 42.1 Å². The molecule has 0 unspecified atom stereocenters. The number of rotatable bonds is 7. The Kier molecular flexibility index (Phi) is 7.81. The van der Waals surface area contributed by atoms with E-state index in [1.54, 1.807) is 24.3 Å². The fraction of sp³-hybridized carbons (Fsp3) is 0.450. The van der Waals surface area contributed by atoms with E-state index < -0.39 is 43.0 Å². The van der Waals surface area contributed by atoms with E-state index in [0.29, 0.717) is 37.0 Å². The molecule has 1 aliphatic carbocycles. The second kappa shape index (κ2) is 10.1. The quantitative estimate of drug-likeness (QED) is 0.410. The van der Waals surface area contributed by atoms with E-state index in [9.17, 15) is 27.6 Å². The molecule has 1 aromatic rings. The molecule has 0 aromatic heterocycles. The van der Waals surface area contributed by atoms with Crippen molar-refractivity contribution in [2.75, 3.05) is 0 Å². The van der Waals surface area contributed by atoms with Crippen LogP contribution >= 0.6 is 0 Å². The number of hydrogen-bond donors (Lipinski definition) is 1. The number of alkyl halides is 3.